The fourth-order valence-electron chi connectivity index (χ4n) is 1.99. The van der Waals surface area contributed by atoms with Gasteiger partial charge in [-0.15, -0.1) is 0 Å². The molecule has 3 rings (SSSR count). The van der Waals surface area contributed by atoms with Gasteiger partial charge < -0.3 is 5.11 Å². The second kappa shape index (κ2) is 4.61. The Hall–Kier alpha value is -2.55. The molecule has 1 aromatic heterocycles. The molecule has 2 aromatic carbocycles. The summed E-state index contributed by atoms with van der Waals surface area (Å²) in [5.74, 6) is 0.188. The highest BCUT2D eigenvalue weighted by molar-refractivity contribution is 5.66. The van der Waals surface area contributed by atoms with E-state index in [1.807, 2.05) is 61.5 Å². The van der Waals surface area contributed by atoms with Gasteiger partial charge in [0.1, 0.15) is 5.69 Å². The van der Waals surface area contributed by atoms with Gasteiger partial charge in [-0.25, -0.2) is 4.68 Å². The lowest BCUT2D eigenvalue weighted by atomic mass is 10.1. The van der Waals surface area contributed by atoms with E-state index in [1.165, 1.54) is 5.56 Å². The lowest BCUT2D eigenvalue weighted by Crippen LogP contribution is -1.93. The molecule has 0 saturated heterocycles. The van der Waals surface area contributed by atoms with Crippen molar-refractivity contribution in [2.45, 2.75) is 6.92 Å². The van der Waals surface area contributed by atoms with Crippen molar-refractivity contribution in [2.75, 3.05) is 0 Å². The fraction of sp³-hybridized carbons (Fsp3) is 0.0625. The quantitative estimate of drug-likeness (QED) is 0.755. The predicted molar refractivity (Wildman–Crippen MR) is 75.4 cm³/mol. The highest BCUT2D eigenvalue weighted by atomic mass is 16.3. The molecule has 0 spiro atoms. The van der Waals surface area contributed by atoms with Crippen molar-refractivity contribution >= 4 is 0 Å². The average molecular weight is 250 g/mol. The molecular weight excluding hydrogens is 236 g/mol. The van der Waals surface area contributed by atoms with Crippen LogP contribution >= 0.6 is 0 Å². The smallest absolute Gasteiger partial charge is 0.162 e. The molecule has 94 valence electrons. The minimum absolute atomic E-state index is 0.188. The SMILES string of the molecule is Cc1ccc(-c2nn(-c3ccccc3)cc2O)cc1. The molecular formula is C16H14N2O. The number of para-hydroxylation sites is 1. The second-order valence-electron chi connectivity index (χ2n) is 4.51. The Morgan fingerprint density at radius 2 is 1.63 bits per heavy atom. The minimum atomic E-state index is 0.188. The van der Waals surface area contributed by atoms with Crippen molar-refractivity contribution in [1.82, 2.24) is 9.78 Å². The molecule has 0 atom stereocenters. The standard InChI is InChI=1S/C16H14N2O/c1-12-7-9-13(10-8-12)16-15(19)11-18(17-16)14-5-3-2-4-6-14/h2-11,19H,1H3. The Bertz CT molecular complexity index is 685. The van der Waals surface area contributed by atoms with Gasteiger partial charge in [0.05, 0.1) is 11.9 Å². The van der Waals surface area contributed by atoms with Crippen LogP contribution in [0.2, 0.25) is 0 Å². The zero-order valence-corrected chi connectivity index (χ0v) is 10.6. The molecule has 1 heterocycles. The van der Waals surface area contributed by atoms with E-state index in [4.69, 9.17) is 0 Å². The first-order valence-electron chi connectivity index (χ1n) is 6.15. The van der Waals surface area contributed by atoms with E-state index in [-0.39, 0.29) is 5.75 Å². The number of rotatable bonds is 2. The number of hydrogen-bond donors (Lipinski definition) is 1. The second-order valence-corrected chi connectivity index (χ2v) is 4.51. The summed E-state index contributed by atoms with van der Waals surface area (Å²) in [6.45, 7) is 2.03. The summed E-state index contributed by atoms with van der Waals surface area (Å²) in [5, 5.41) is 14.5. The number of aromatic nitrogens is 2. The van der Waals surface area contributed by atoms with Gasteiger partial charge in [0.2, 0.25) is 0 Å². The van der Waals surface area contributed by atoms with Crippen LogP contribution in [0.1, 0.15) is 5.56 Å². The summed E-state index contributed by atoms with van der Waals surface area (Å²) in [4.78, 5) is 0. The van der Waals surface area contributed by atoms with E-state index in [0.29, 0.717) is 5.69 Å². The number of aryl methyl sites for hydroxylation is 1. The van der Waals surface area contributed by atoms with E-state index in [1.54, 1.807) is 10.9 Å². The molecule has 0 aliphatic rings. The van der Waals surface area contributed by atoms with Crippen LogP contribution in [-0.2, 0) is 0 Å². The van der Waals surface area contributed by atoms with E-state index >= 15 is 0 Å². The van der Waals surface area contributed by atoms with Gasteiger partial charge in [0, 0.05) is 5.56 Å². The Labute approximate surface area is 111 Å². The van der Waals surface area contributed by atoms with Crippen molar-refractivity contribution in [2.24, 2.45) is 0 Å². The molecule has 3 nitrogen and oxygen atoms in total. The Kier molecular flexibility index (Phi) is 2.80. The van der Waals surface area contributed by atoms with Crippen LogP contribution in [0.3, 0.4) is 0 Å². The van der Waals surface area contributed by atoms with Crippen LogP contribution in [0.15, 0.2) is 60.8 Å². The molecule has 0 fully saturated rings. The monoisotopic (exact) mass is 250 g/mol. The average Bonchev–Trinajstić information content (AvgIpc) is 2.83. The molecule has 0 aliphatic carbocycles. The molecule has 3 aromatic rings. The van der Waals surface area contributed by atoms with E-state index in [0.717, 1.165) is 11.3 Å². The maximum absolute atomic E-state index is 10.0. The molecule has 0 bridgehead atoms. The third-order valence-corrected chi connectivity index (χ3v) is 3.04. The largest absolute Gasteiger partial charge is 0.504 e. The fourth-order valence-corrected chi connectivity index (χ4v) is 1.99. The lowest BCUT2D eigenvalue weighted by molar-refractivity contribution is 0.477. The molecule has 0 radical (unpaired) electrons. The topological polar surface area (TPSA) is 38.0 Å². The number of nitrogens with zero attached hydrogens (tertiary/aromatic N) is 2. The van der Waals surface area contributed by atoms with Crippen molar-refractivity contribution in [3.8, 4) is 22.7 Å². The summed E-state index contributed by atoms with van der Waals surface area (Å²) < 4.78 is 1.69. The Morgan fingerprint density at radius 3 is 2.32 bits per heavy atom. The molecule has 1 N–H and O–H groups in total. The van der Waals surface area contributed by atoms with Crippen LogP contribution in [0.4, 0.5) is 0 Å². The maximum atomic E-state index is 10.0. The van der Waals surface area contributed by atoms with Crippen molar-refractivity contribution in [3.63, 3.8) is 0 Å². The first-order chi connectivity index (χ1) is 9.24. The van der Waals surface area contributed by atoms with Gasteiger partial charge >= 0.3 is 0 Å². The molecule has 0 amide bonds. The van der Waals surface area contributed by atoms with Crippen molar-refractivity contribution in [1.29, 1.82) is 0 Å². The Morgan fingerprint density at radius 1 is 0.947 bits per heavy atom. The maximum Gasteiger partial charge on any atom is 0.162 e. The zero-order valence-electron chi connectivity index (χ0n) is 10.6. The van der Waals surface area contributed by atoms with Gasteiger partial charge in [-0.2, -0.15) is 5.10 Å². The van der Waals surface area contributed by atoms with Gasteiger partial charge in [0.15, 0.2) is 5.75 Å². The molecule has 3 heteroatoms. The van der Waals surface area contributed by atoms with E-state index in [2.05, 4.69) is 5.10 Å². The summed E-state index contributed by atoms with van der Waals surface area (Å²) in [6, 6.07) is 17.7. The minimum Gasteiger partial charge on any atom is -0.504 e. The van der Waals surface area contributed by atoms with Crippen LogP contribution in [0.5, 0.6) is 5.75 Å². The van der Waals surface area contributed by atoms with Crippen molar-refractivity contribution in [3.05, 3.63) is 66.4 Å². The van der Waals surface area contributed by atoms with Gasteiger partial charge in [-0.05, 0) is 19.1 Å². The third-order valence-electron chi connectivity index (χ3n) is 3.04. The third kappa shape index (κ3) is 2.22. The first-order valence-corrected chi connectivity index (χ1v) is 6.15. The number of hydrogen-bond acceptors (Lipinski definition) is 2. The number of benzene rings is 2. The van der Waals surface area contributed by atoms with Crippen LogP contribution in [0, 0.1) is 6.92 Å². The van der Waals surface area contributed by atoms with Gasteiger partial charge in [0.25, 0.3) is 0 Å². The zero-order chi connectivity index (χ0) is 13.2. The molecule has 0 saturated carbocycles. The van der Waals surface area contributed by atoms with Crippen molar-refractivity contribution < 1.29 is 5.11 Å². The summed E-state index contributed by atoms with van der Waals surface area (Å²) in [7, 11) is 0. The predicted octanol–water partition coefficient (Wildman–Crippen LogP) is 3.55. The van der Waals surface area contributed by atoms with E-state index in [9.17, 15) is 5.11 Å². The van der Waals surface area contributed by atoms with Gasteiger partial charge in [-0.3, -0.25) is 0 Å². The van der Waals surface area contributed by atoms with Crippen LogP contribution in [-0.4, -0.2) is 14.9 Å². The highest BCUT2D eigenvalue weighted by Gasteiger charge is 2.10. The summed E-state index contributed by atoms with van der Waals surface area (Å²) in [6.07, 6.45) is 1.63. The molecule has 19 heavy (non-hydrogen) atoms. The normalized spacial score (nSPS) is 10.6. The summed E-state index contributed by atoms with van der Waals surface area (Å²) in [5.41, 5.74) is 3.63. The lowest BCUT2D eigenvalue weighted by Gasteiger charge is -2.00. The molecule has 0 unspecified atom stereocenters. The summed E-state index contributed by atoms with van der Waals surface area (Å²) >= 11 is 0. The van der Waals surface area contributed by atoms with Gasteiger partial charge in [-0.1, -0.05) is 48.0 Å². The number of aromatic hydroxyl groups is 1. The molecule has 0 aliphatic heterocycles. The Balaban J connectivity index is 2.05. The first kappa shape index (κ1) is 11.5. The highest BCUT2D eigenvalue weighted by Crippen LogP contribution is 2.28. The van der Waals surface area contributed by atoms with E-state index < -0.39 is 0 Å². The van der Waals surface area contributed by atoms with Crippen LogP contribution in [0.25, 0.3) is 16.9 Å². The van der Waals surface area contributed by atoms with Crippen LogP contribution < -0.4 is 0 Å².